The van der Waals surface area contributed by atoms with Crippen LogP contribution in [-0.4, -0.2) is 15.0 Å². The molecule has 0 fully saturated rings. The van der Waals surface area contributed by atoms with Crippen LogP contribution in [-0.2, 0) is 11.8 Å². The summed E-state index contributed by atoms with van der Waals surface area (Å²) in [5, 5.41) is 3.76. The van der Waals surface area contributed by atoms with E-state index >= 15 is 0 Å². The van der Waals surface area contributed by atoms with Crippen LogP contribution in [0.3, 0.4) is 0 Å². The van der Waals surface area contributed by atoms with Crippen molar-refractivity contribution in [2.45, 2.75) is 52.4 Å². The summed E-state index contributed by atoms with van der Waals surface area (Å²) in [6, 6.07) is 0. The van der Waals surface area contributed by atoms with Crippen LogP contribution in [0.15, 0.2) is 11.7 Å². The molecule has 0 unspecified atom stereocenters. The first-order chi connectivity index (χ1) is 9.29. The molecule has 2 aromatic heterocycles. The lowest BCUT2D eigenvalue weighted by Gasteiger charge is -2.14. The Morgan fingerprint density at radius 3 is 2.50 bits per heavy atom. The first kappa shape index (κ1) is 15.4. The van der Waals surface area contributed by atoms with Crippen LogP contribution in [0.25, 0.3) is 0 Å². The van der Waals surface area contributed by atoms with E-state index in [-0.39, 0.29) is 5.41 Å². The third kappa shape index (κ3) is 3.36. The molecule has 0 spiro atoms. The maximum Gasteiger partial charge on any atom is 0.136 e. The van der Waals surface area contributed by atoms with Crippen molar-refractivity contribution in [2.24, 2.45) is 0 Å². The van der Waals surface area contributed by atoms with Crippen molar-refractivity contribution in [3.8, 4) is 0 Å². The quantitative estimate of drug-likeness (QED) is 0.778. The molecule has 0 N–H and O–H groups in total. The molecule has 108 valence electrons. The van der Waals surface area contributed by atoms with Gasteiger partial charge in [0.15, 0.2) is 0 Å². The summed E-state index contributed by atoms with van der Waals surface area (Å²) >= 11 is 7.88. The smallest absolute Gasteiger partial charge is 0.136 e. The molecule has 0 aliphatic carbocycles. The fraction of sp³-hybridized carbons (Fsp3) is 0.533. The molecular weight excluding hydrogens is 290 g/mol. The molecular formula is C15H20ClN3S. The lowest BCUT2D eigenvalue weighted by atomic mass is 9.93. The summed E-state index contributed by atoms with van der Waals surface area (Å²) in [6.07, 6.45) is 2.25. The molecule has 20 heavy (non-hydrogen) atoms. The number of thiazole rings is 1. The third-order valence-corrected chi connectivity index (χ3v) is 4.28. The highest BCUT2D eigenvalue weighted by atomic mass is 35.5. The molecule has 0 saturated heterocycles. The van der Waals surface area contributed by atoms with Crippen LogP contribution in [0.2, 0.25) is 5.15 Å². The van der Waals surface area contributed by atoms with E-state index in [9.17, 15) is 0 Å². The highest BCUT2D eigenvalue weighted by molar-refractivity contribution is 7.09. The molecule has 0 atom stereocenters. The second-order valence-electron chi connectivity index (χ2n) is 6.23. The molecule has 0 bridgehead atoms. The number of hydrogen-bond donors (Lipinski definition) is 0. The minimum absolute atomic E-state index is 0.0823. The molecule has 0 aromatic carbocycles. The molecule has 0 radical (unpaired) electrons. The fourth-order valence-corrected chi connectivity index (χ4v) is 3.40. The van der Waals surface area contributed by atoms with Gasteiger partial charge in [0.25, 0.3) is 0 Å². The van der Waals surface area contributed by atoms with Gasteiger partial charge in [-0.25, -0.2) is 15.0 Å². The van der Waals surface area contributed by atoms with Gasteiger partial charge in [-0.1, -0.05) is 46.2 Å². The number of nitrogens with zero attached hydrogens (tertiary/aromatic N) is 3. The van der Waals surface area contributed by atoms with Crippen LogP contribution in [0, 0.1) is 0 Å². The van der Waals surface area contributed by atoms with E-state index in [1.54, 1.807) is 11.3 Å². The number of rotatable bonds is 3. The zero-order valence-electron chi connectivity index (χ0n) is 12.6. The van der Waals surface area contributed by atoms with Gasteiger partial charge in [-0.05, 0) is 5.92 Å². The summed E-state index contributed by atoms with van der Waals surface area (Å²) in [7, 11) is 0. The van der Waals surface area contributed by atoms with Gasteiger partial charge in [-0.2, -0.15) is 0 Å². The summed E-state index contributed by atoms with van der Waals surface area (Å²) in [5.41, 5.74) is 3.22. The van der Waals surface area contributed by atoms with Crippen molar-refractivity contribution in [3.05, 3.63) is 38.8 Å². The van der Waals surface area contributed by atoms with Gasteiger partial charge in [-0.15, -0.1) is 11.3 Å². The average molecular weight is 310 g/mol. The highest BCUT2D eigenvalue weighted by Crippen LogP contribution is 2.29. The Balaban J connectivity index is 2.31. The number of halogens is 1. The predicted molar refractivity (Wildman–Crippen MR) is 84.8 cm³/mol. The second kappa shape index (κ2) is 5.78. The maximum absolute atomic E-state index is 6.20. The lowest BCUT2D eigenvalue weighted by molar-refractivity contribution is 0.571. The van der Waals surface area contributed by atoms with Crippen LogP contribution >= 0.6 is 22.9 Å². The Hall–Kier alpha value is -1.000. The van der Waals surface area contributed by atoms with Crippen molar-refractivity contribution < 1.29 is 0 Å². The standard InChI is InChI=1S/C15H20ClN3S/c1-9(2)13-10(17-8-18-14(13)16)6-12-19-11(7-20-12)15(3,4)5/h7-9H,6H2,1-5H3. The van der Waals surface area contributed by atoms with E-state index in [0.29, 0.717) is 11.1 Å². The summed E-state index contributed by atoms with van der Waals surface area (Å²) in [5.74, 6) is 0.306. The molecule has 0 saturated carbocycles. The SMILES string of the molecule is CC(C)c1c(Cl)ncnc1Cc1nc(C(C)(C)C)cs1. The zero-order chi connectivity index (χ0) is 14.9. The van der Waals surface area contributed by atoms with Crippen LogP contribution in [0.1, 0.15) is 62.5 Å². The van der Waals surface area contributed by atoms with Crippen LogP contribution in [0.5, 0.6) is 0 Å². The fourth-order valence-electron chi connectivity index (χ4n) is 2.00. The summed E-state index contributed by atoms with van der Waals surface area (Å²) in [6.45, 7) is 10.7. The Morgan fingerprint density at radius 1 is 1.25 bits per heavy atom. The molecule has 0 aliphatic rings. The van der Waals surface area contributed by atoms with Crippen molar-refractivity contribution in [1.82, 2.24) is 15.0 Å². The minimum atomic E-state index is 0.0823. The maximum atomic E-state index is 6.20. The molecule has 0 amide bonds. The van der Waals surface area contributed by atoms with Crippen LogP contribution in [0.4, 0.5) is 0 Å². The number of hydrogen-bond acceptors (Lipinski definition) is 4. The summed E-state index contributed by atoms with van der Waals surface area (Å²) < 4.78 is 0. The topological polar surface area (TPSA) is 38.7 Å². The van der Waals surface area contributed by atoms with E-state index < -0.39 is 0 Å². The van der Waals surface area contributed by atoms with Crippen molar-refractivity contribution in [2.75, 3.05) is 0 Å². The van der Waals surface area contributed by atoms with Crippen molar-refractivity contribution in [3.63, 3.8) is 0 Å². The predicted octanol–water partition coefficient (Wildman–Crippen LogP) is 4.60. The second-order valence-corrected chi connectivity index (χ2v) is 7.53. The minimum Gasteiger partial charge on any atom is -0.245 e. The molecule has 2 aromatic rings. The number of aromatic nitrogens is 3. The Labute approximate surface area is 129 Å². The Kier molecular flexibility index (Phi) is 4.45. The summed E-state index contributed by atoms with van der Waals surface area (Å²) in [4.78, 5) is 13.2. The first-order valence-corrected chi connectivity index (χ1v) is 7.99. The van der Waals surface area contributed by atoms with Crippen molar-refractivity contribution in [1.29, 1.82) is 0 Å². The van der Waals surface area contributed by atoms with E-state index in [4.69, 9.17) is 16.6 Å². The van der Waals surface area contributed by atoms with E-state index in [0.717, 1.165) is 28.4 Å². The monoisotopic (exact) mass is 309 g/mol. The van der Waals surface area contributed by atoms with E-state index in [1.165, 1.54) is 6.33 Å². The van der Waals surface area contributed by atoms with Crippen molar-refractivity contribution >= 4 is 22.9 Å². The van der Waals surface area contributed by atoms with Crippen LogP contribution < -0.4 is 0 Å². The van der Waals surface area contributed by atoms with Gasteiger partial charge < -0.3 is 0 Å². The Bertz CT molecular complexity index is 599. The largest absolute Gasteiger partial charge is 0.245 e. The van der Waals surface area contributed by atoms with Gasteiger partial charge in [-0.3, -0.25) is 0 Å². The van der Waals surface area contributed by atoms with E-state index in [2.05, 4.69) is 50.0 Å². The van der Waals surface area contributed by atoms with Gasteiger partial charge in [0, 0.05) is 22.8 Å². The van der Waals surface area contributed by atoms with E-state index in [1.807, 2.05) is 0 Å². The van der Waals surface area contributed by atoms with Gasteiger partial charge >= 0.3 is 0 Å². The molecule has 2 rings (SSSR count). The van der Waals surface area contributed by atoms with Gasteiger partial charge in [0.2, 0.25) is 0 Å². The Morgan fingerprint density at radius 2 is 1.95 bits per heavy atom. The molecule has 5 heteroatoms. The molecule has 2 heterocycles. The average Bonchev–Trinajstić information content (AvgIpc) is 2.76. The molecule has 3 nitrogen and oxygen atoms in total. The van der Waals surface area contributed by atoms with Gasteiger partial charge in [0.1, 0.15) is 11.5 Å². The highest BCUT2D eigenvalue weighted by Gasteiger charge is 2.19. The van der Waals surface area contributed by atoms with Gasteiger partial charge in [0.05, 0.1) is 16.4 Å². The normalized spacial score (nSPS) is 12.2. The first-order valence-electron chi connectivity index (χ1n) is 6.73. The molecule has 0 aliphatic heterocycles. The zero-order valence-corrected chi connectivity index (χ0v) is 14.1. The lowest BCUT2D eigenvalue weighted by Crippen LogP contribution is -2.11. The third-order valence-electron chi connectivity index (χ3n) is 3.13.